The van der Waals surface area contributed by atoms with E-state index in [1.807, 2.05) is 0 Å². The summed E-state index contributed by atoms with van der Waals surface area (Å²) in [6, 6.07) is 6.62. The highest BCUT2D eigenvalue weighted by atomic mass is 16.6. The van der Waals surface area contributed by atoms with Gasteiger partial charge in [0, 0.05) is 17.7 Å². The molecule has 0 spiro atoms. The van der Waals surface area contributed by atoms with E-state index in [-0.39, 0.29) is 22.7 Å². The standard InChI is InChI=1S/C17H16N4O8/c1-10-3-4-14(12(5-10)20(24)25)29-9-16(22)19-18-8-11-6-13(21(26)27)17(23)15(7-11)28-2/h3-8,23H,9H2,1-2H3,(H,19,22)/b18-8-. The predicted molar refractivity (Wildman–Crippen MR) is 100 cm³/mol. The van der Waals surface area contributed by atoms with Gasteiger partial charge in [-0.3, -0.25) is 25.0 Å². The van der Waals surface area contributed by atoms with Crippen molar-refractivity contribution >= 4 is 23.5 Å². The lowest BCUT2D eigenvalue weighted by atomic mass is 10.2. The smallest absolute Gasteiger partial charge is 0.315 e. The van der Waals surface area contributed by atoms with Crippen molar-refractivity contribution in [3.8, 4) is 17.2 Å². The Balaban J connectivity index is 2.03. The molecule has 0 saturated heterocycles. The van der Waals surface area contributed by atoms with Gasteiger partial charge in [0.1, 0.15) is 0 Å². The van der Waals surface area contributed by atoms with Gasteiger partial charge < -0.3 is 14.6 Å². The first-order valence-corrected chi connectivity index (χ1v) is 7.98. The lowest BCUT2D eigenvalue weighted by Gasteiger charge is -2.06. The fourth-order valence-corrected chi connectivity index (χ4v) is 2.23. The van der Waals surface area contributed by atoms with Gasteiger partial charge in [-0.15, -0.1) is 0 Å². The Morgan fingerprint density at radius 1 is 1.17 bits per heavy atom. The van der Waals surface area contributed by atoms with Crippen molar-refractivity contribution in [2.24, 2.45) is 5.10 Å². The lowest BCUT2D eigenvalue weighted by molar-refractivity contribution is -0.386. The van der Waals surface area contributed by atoms with E-state index in [9.17, 15) is 30.1 Å². The maximum atomic E-state index is 11.8. The number of nitro benzene ring substituents is 2. The Morgan fingerprint density at radius 2 is 1.86 bits per heavy atom. The molecule has 0 fully saturated rings. The van der Waals surface area contributed by atoms with Crippen molar-refractivity contribution in [3.63, 3.8) is 0 Å². The average molecular weight is 404 g/mol. The van der Waals surface area contributed by atoms with E-state index in [4.69, 9.17) is 9.47 Å². The minimum Gasteiger partial charge on any atom is -0.500 e. The number of nitrogens with zero attached hydrogens (tertiary/aromatic N) is 3. The molecule has 1 amide bonds. The van der Waals surface area contributed by atoms with Crippen LogP contribution in [0.5, 0.6) is 17.2 Å². The monoisotopic (exact) mass is 404 g/mol. The fourth-order valence-electron chi connectivity index (χ4n) is 2.23. The van der Waals surface area contributed by atoms with Crippen molar-refractivity contribution in [3.05, 3.63) is 61.7 Å². The van der Waals surface area contributed by atoms with Crippen LogP contribution in [0.2, 0.25) is 0 Å². The van der Waals surface area contributed by atoms with Crippen LogP contribution in [0, 0.1) is 27.2 Å². The Hall–Kier alpha value is -4.22. The van der Waals surface area contributed by atoms with Crippen LogP contribution < -0.4 is 14.9 Å². The average Bonchev–Trinajstić information content (AvgIpc) is 2.67. The molecule has 0 radical (unpaired) electrons. The highest BCUT2D eigenvalue weighted by Gasteiger charge is 2.19. The van der Waals surface area contributed by atoms with Gasteiger partial charge in [-0.05, 0) is 24.6 Å². The number of hydrogen-bond donors (Lipinski definition) is 2. The molecule has 2 N–H and O–H groups in total. The third-order valence-corrected chi connectivity index (χ3v) is 3.57. The number of aromatic hydroxyl groups is 1. The number of phenols is 1. The molecule has 2 rings (SSSR count). The maximum absolute atomic E-state index is 11.8. The number of rotatable bonds is 8. The molecule has 0 aliphatic rings. The minimum absolute atomic E-state index is 0.0707. The van der Waals surface area contributed by atoms with Gasteiger partial charge >= 0.3 is 11.4 Å². The number of ether oxygens (including phenoxy) is 2. The number of amides is 1. The predicted octanol–water partition coefficient (Wildman–Crippen LogP) is 2.05. The molecule has 0 saturated carbocycles. The van der Waals surface area contributed by atoms with E-state index in [2.05, 4.69) is 10.5 Å². The highest BCUT2D eigenvalue weighted by Crippen LogP contribution is 2.36. The van der Waals surface area contributed by atoms with Crippen LogP contribution in [0.25, 0.3) is 0 Å². The summed E-state index contributed by atoms with van der Waals surface area (Å²) in [6.07, 6.45) is 1.10. The first kappa shape index (κ1) is 21.1. The van der Waals surface area contributed by atoms with Gasteiger partial charge in [0.15, 0.2) is 18.1 Å². The largest absolute Gasteiger partial charge is 0.500 e. The molecular formula is C17H16N4O8. The molecule has 0 heterocycles. The highest BCUT2D eigenvalue weighted by molar-refractivity contribution is 5.85. The SMILES string of the molecule is COc1cc(/C=N\NC(=O)COc2ccc(C)cc2[N+](=O)[O-])cc([N+](=O)[O-])c1O. The number of nitrogens with one attached hydrogen (secondary N) is 1. The number of nitro groups is 2. The molecule has 12 nitrogen and oxygen atoms in total. The first-order chi connectivity index (χ1) is 13.7. The zero-order valence-electron chi connectivity index (χ0n) is 15.3. The summed E-state index contributed by atoms with van der Waals surface area (Å²) < 4.78 is 10.0. The van der Waals surface area contributed by atoms with Crippen molar-refractivity contribution in [1.82, 2.24) is 5.43 Å². The van der Waals surface area contributed by atoms with Gasteiger partial charge in [0.2, 0.25) is 5.75 Å². The lowest BCUT2D eigenvalue weighted by Crippen LogP contribution is -2.24. The van der Waals surface area contributed by atoms with Crippen molar-refractivity contribution in [2.45, 2.75) is 6.92 Å². The van der Waals surface area contributed by atoms with Crippen LogP contribution in [0.15, 0.2) is 35.4 Å². The van der Waals surface area contributed by atoms with Gasteiger partial charge in [0.25, 0.3) is 5.91 Å². The third kappa shape index (κ3) is 5.38. The molecule has 29 heavy (non-hydrogen) atoms. The molecule has 0 bridgehead atoms. The molecule has 0 aromatic heterocycles. The number of hydrogen-bond acceptors (Lipinski definition) is 9. The summed E-state index contributed by atoms with van der Waals surface area (Å²) in [6.45, 7) is 1.14. The van der Waals surface area contributed by atoms with Gasteiger partial charge in [-0.25, -0.2) is 5.43 Å². The molecular weight excluding hydrogens is 388 g/mol. The van der Waals surface area contributed by atoms with E-state index < -0.39 is 33.8 Å². The Labute approximate surface area is 163 Å². The minimum atomic E-state index is -0.796. The molecule has 12 heteroatoms. The molecule has 2 aromatic rings. The van der Waals surface area contributed by atoms with Gasteiger partial charge in [0.05, 0.1) is 23.2 Å². The zero-order valence-corrected chi connectivity index (χ0v) is 15.3. The number of carbonyl (C=O) groups is 1. The second-order valence-electron chi connectivity index (χ2n) is 5.66. The number of phenolic OH excluding ortho intramolecular Hbond substituents is 1. The first-order valence-electron chi connectivity index (χ1n) is 7.98. The molecule has 152 valence electrons. The normalized spacial score (nSPS) is 10.6. The van der Waals surface area contributed by atoms with E-state index in [1.165, 1.54) is 25.3 Å². The quantitative estimate of drug-likeness (QED) is 0.383. The molecule has 2 aromatic carbocycles. The molecule has 0 atom stereocenters. The van der Waals surface area contributed by atoms with E-state index in [0.717, 1.165) is 12.3 Å². The Morgan fingerprint density at radius 3 is 2.48 bits per heavy atom. The summed E-state index contributed by atoms with van der Waals surface area (Å²) in [5.74, 6) is -1.55. The fraction of sp³-hybridized carbons (Fsp3) is 0.176. The van der Waals surface area contributed by atoms with Crippen molar-refractivity contribution in [2.75, 3.05) is 13.7 Å². The van der Waals surface area contributed by atoms with Crippen LogP contribution >= 0.6 is 0 Å². The second-order valence-corrected chi connectivity index (χ2v) is 5.66. The van der Waals surface area contributed by atoms with E-state index in [0.29, 0.717) is 5.56 Å². The van der Waals surface area contributed by atoms with E-state index >= 15 is 0 Å². The third-order valence-electron chi connectivity index (χ3n) is 3.57. The number of hydrazone groups is 1. The summed E-state index contributed by atoms with van der Waals surface area (Å²) >= 11 is 0. The summed E-state index contributed by atoms with van der Waals surface area (Å²) in [5.41, 5.74) is 2.11. The Kier molecular flexibility index (Phi) is 6.63. The summed E-state index contributed by atoms with van der Waals surface area (Å²) in [5, 5.41) is 35.3. The van der Waals surface area contributed by atoms with E-state index in [1.54, 1.807) is 13.0 Å². The number of methoxy groups -OCH3 is 1. The van der Waals surface area contributed by atoms with Crippen LogP contribution in [0.1, 0.15) is 11.1 Å². The Bertz CT molecular complexity index is 990. The molecule has 0 aliphatic heterocycles. The maximum Gasteiger partial charge on any atom is 0.315 e. The second kappa shape index (κ2) is 9.12. The topological polar surface area (TPSA) is 166 Å². The summed E-state index contributed by atoms with van der Waals surface area (Å²) in [4.78, 5) is 32.4. The van der Waals surface area contributed by atoms with Crippen molar-refractivity contribution in [1.29, 1.82) is 0 Å². The number of carbonyl (C=O) groups excluding carboxylic acids is 1. The van der Waals surface area contributed by atoms with Gasteiger partial charge in [-0.1, -0.05) is 6.07 Å². The molecule has 0 unspecified atom stereocenters. The summed E-state index contributed by atoms with van der Waals surface area (Å²) in [7, 11) is 1.23. The molecule has 0 aliphatic carbocycles. The van der Waals surface area contributed by atoms with Gasteiger partial charge in [-0.2, -0.15) is 5.10 Å². The van der Waals surface area contributed by atoms with Crippen LogP contribution in [0.3, 0.4) is 0 Å². The number of benzene rings is 2. The van der Waals surface area contributed by atoms with Crippen LogP contribution in [0.4, 0.5) is 11.4 Å². The van der Waals surface area contributed by atoms with Crippen LogP contribution in [-0.2, 0) is 4.79 Å². The van der Waals surface area contributed by atoms with Crippen molar-refractivity contribution < 1.29 is 29.2 Å². The number of aryl methyl sites for hydroxylation is 1. The zero-order chi connectivity index (χ0) is 21.6. The van der Waals surface area contributed by atoms with Crippen LogP contribution in [-0.4, -0.2) is 40.8 Å².